The van der Waals surface area contributed by atoms with Crippen LogP contribution in [0.4, 0.5) is 11.4 Å². The van der Waals surface area contributed by atoms with E-state index in [2.05, 4.69) is 11.9 Å². The van der Waals surface area contributed by atoms with Crippen LogP contribution in [0.2, 0.25) is 0 Å². The summed E-state index contributed by atoms with van der Waals surface area (Å²) < 4.78 is 0. The maximum Gasteiger partial charge on any atom is 0.292 e. The number of nitrogen functional groups attached to an aromatic ring is 1. The molecule has 16 heavy (non-hydrogen) atoms. The zero-order valence-corrected chi connectivity index (χ0v) is 9.22. The predicted octanol–water partition coefficient (Wildman–Crippen LogP) is 1.77. The van der Waals surface area contributed by atoms with Crippen LogP contribution in [0.1, 0.15) is 18.4 Å². The van der Waals surface area contributed by atoms with E-state index >= 15 is 0 Å². The SMILES string of the molecule is CN(Cc1ccc([N+](=O)[O-])c(N)c1)C1CC1. The third kappa shape index (κ3) is 2.30. The van der Waals surface area contributed by atoms with Crippen LogP contribution in [-0.4, -0.2) is 22.9 Å². The fourth-order valence-corrected chi connectivity index (χ4v) is 1.80. The Labute approximate surface area is 94.0 Å². The molecular formula is C11H15N3O2. The Morgan fingerprint density at radius 1 is 1.56 bits per heavy atom. The normalized spacial score (nSPS) is 15.4. The van der Waals surface area contributed by atoms with E-state index in [1.165, 1.54) is 18.9 Å². The molecule has 2 rings (SSSR count). The van der Waals surface area contributed by atoms with Gasteiger partial charge in [0.25, 0.3) is 5.69 Å². The van der Waals surface area contributed by atoms with E-state index in [-0.39, 0.29) is 11.4 Å². The second kappa shape index (κ2) is 4.09. The third-order valence-electron chi connectivity index (χ3n) is 2.89. The molecule has 1 saturated carbocycles. The van der Waals surface area contributed by atoms with Crippen molar-refractivity contribution in [2.24, 2.45) is 0 Å². The van der Waals surface area contributed by atoms with Crippen molar-refractivity contribution < 1.29 is 4.92 Å². The van der Waals surface area contributed by atoms with Gasteiger partial charge in [-0.15, -0.1) is 0 Å². The molecule has 0 heterocycles. The molecule has 1 aromatic rings. The maximum absolute atomic E-state index is 10.6. The monoisotopic (exact) mass is 221 g/mol. The van der Waals surface area contributed by atoms with Crippen LogP contribution in [0.15, 0.2) is 18.2 Å². The summed E-state index contributed by atoms with van der Waals surface area (Å²) in [5, 5.41) is 10.6. The molecule has 5 heteroatoms. The number of benzene rings is 1. The van der Waals surface area contributed by atoms with E-state index in [9.17, 15) is 10.1 Å². The van der Waals surface area contributed by atoms with Crippen molar-refractivity contribution in [3.63, 3.8) is 0 Å². The van der Waals surface area contributed by atoms with Crippen LogP contribution in [0.25, 0.3) is 0 Å². The molecule has 1 aliphatic carbocycles. The van der Waals surface area contributed by atoms with Crippen LogP contribution in [0.3, 0.4) is 0 Å². The van der Waals surface area contributed by atoms with Gasteiger partial charge in [-0.25, -0.2) is 0 Å². The molecule has 0 spiro atoms. The Balaban J connectivity index is 2.10. The van der Waals surface area contributed by atoms with Crippen LogP contribution in [-0.2, 0) is 6.54 Å². The summed E-state index contributed by atoms with van der Waals surface area (Å²) in [6.45, 7) is 0.798. The maximum atomic E-state index is 10.6. The minimum absolute atomic E-state index is 0.0159. The number of nitrogens with two attached hydrogens (primary N) is 1. The minimum Gasteiger partial charge on any atom is -0.393 e. The van der Waals surface area contributed by atoms with Crippen LogP contribution < -0.4 is 5.73 Å². The topological polar surface area (TPSA) is 72.4 Å². The number of hydrogen-bond donors (Lipinski definition) is 1. The van der Waals surface area contributed by atoms with Gasteiger partial charge in [-0.2, -0.15) is 0 Å². The summed E-state index contributed by atoms with van der Waals surface area (Å²) in [6, 6.07) is 5.62. The van der Waals surface area contributed by atoms with Gasteiger partial charge in [-0.05, 0) is 31.5 Å². The zero-order valence-electron chi connectivity index (χ0n) is 9.22. The van der Waals surface area contributed by atoms with Crippen LogP contribution in [0.5, 0.6) is 0 Å². The fourth-order valence-electron chi connectivity index (χ4n) is 1.80. The fraction of sp³-hybridized carbons (Fsp3) is 0.455. The van der Waals surface area contributed by atoms with Gasteiger partial charge in [0.2, 0.25) is 0 Å². The lowest BCUT2D eigenvalue weighted by Crippen LogP contribution is -2.19. The van der Waals surface area contributed by atoms with Crippen LogP contribution >= 0.6 is 0 Å². The van der Waals surface area contributed by atoms with Crippen molar-refractivity contribution in [3.8, 4) is 0 Å². The highest BCUT2D eigenvalue weighted by atomic mass is 16.6. The first-order chi connectivity index (χ1) is 7.58. The first kappa shape index (κ1) is 10.9. The quantitative estimate of drug-likeness (QED) is 0.478. The van der Waals surface area contributed by atoms with Gasteiger partial charge in [0.1, 0.15) is 5.69 Å². The molecule has 0 aliphatic heterocycles. The average molecular weight is 221 g/mol. The van der Waals surface area contributed by atoms with Crippen molar-refractivity contribution in [2.45, 2.75) is 25.4 Å². The second-order valence-corrected chi connectivity index (χ2v) is 4.30. The van der Waals surface area contributed by atoms with E-state index in [1.807, 2.05) is 0 Å². The molecule has 0 atom stereocenters. The van der Waals surface area contributed by atoms with Crippen molar-refractivity contribution in [2.75, 3.05) is 12.8 Å². The number of rotatable bonds is 4. The Bertz CT molecular complexity index is 416. The average Bonchev–Trinajstić information content (AvgIpc) is 2.99. The van der Waals surface area contributed by atoms with Gasteiger partial charge in [0.05, 0.1) is 4.92 Å². The van der Waals surface area contributed by atoms with Crippen molar-refractivity contribution in [1.29, 1.82) is 0 Å². The zero-order chi connectivity index (χ0) is 11.7. The van der Waals surface area contributed by atoms with Gasteiger partial charge >= 0.3 is 0 Å². The largest absolute Gasteiger partial charge is 0.393 e. The summed E-state index contributed by atoms with van der Waals surface area (Å²) in [6.07, 6.45) is 2.50. The molecule has 0 bridgehead atoms. The van der Waals surface area contributed by atoms with E-state index in [0.29, 0.717) is 6.04 Å². The van der Waals surface area contributed by atoms with Gasteiger partial charge in [0.15, 0.2) is 0 Å². The highest BCUT2D eigenvalue weighted by Gasteiger charge is 2.26. The van der Waals surface area contributed by atoms with Crippen molar-refractivity contribution in [1.82, 2.24) is 4.90 Å². The number of nitro groups is 1. The highest BCUT2D eigenvalue weighted by molar-refractivity contribution is 5.59. The smallest absolute Gasteiger partial charge is 0.292 e. The Morgan fingerprint density at radius 3 is 2.75 bits per heavy atom. The van der Waals surface area contributed by atoms with E-state index in [0.717, 1.165) is 12.1 Å². The highest BCUT2D eigenvalue weighted by Crippen LogP contribution is 2.28. The number of hydrogen-bond acceptors (Lipinski definition) is 4. The molecule has 0 aromatic heterocycles. The number of anilines is 1. The van der Waals surface area contributed by atoms with Crippen molar-refractivity contribution in [3.05, 3.63) is 33.9 Å². The molecule has 0 radical (unpaired) electrons. The molecule has 0 saturated heterocycles. The Hall–Kier alpha value is -1.62. The van der Waals surface area contributed by atoms with Crippen LogP contribution in [0, 0.1) is 10.1 Å². The number of nitro benzene ring substituents is 1. The molecule has 2 N–H and O–H groups in total. The predicted molar refractivity (Wildman–Crippen MR) is 62.0 cm³/mol. The lowest BCUT2D eigenvalue weighted by Gasteiger charge is -2.15. The molecule has 5 nitrogen and oxygen atoms in total. The van der Waals surface area contributed by atoms with E-state index < -0.39 is 4.92 Å². The third-order valence-corrected chi connectivity index (χ3v) is 2.89. The summed E-state index contributed by atoms with van der Waals surface area (Å²) in [7, 11) is 2.06. The molecule has 1 aromatic carbocycles. The van der Waals surface area contributed by atoms with Gasteiger partial charge in [-0.3, -0.25) is 15.0 Å². The second-order valence-electron chi connectivity index (χ2n) is 4.30. The molecule has 0 unspecified atom stereocenters. The van der Waals surface area contributed by atoms with E-state index in [1.54, 1.807) is 12.1 Å². The summed E-state index contributed by atoms with van der Waals surface area (Å²) in [4.78, 5) is 12.4. The molecule has 1 fully saturated rings. The summed E-state index contributed by atoms with van der Waals surface area (Å²) in [5.41, 5.74) is 6.88. The first-order valence-corrected chi connectivity index (χ1v) is 5.31. The first-order valence-electron chi connectivity index (χ1n) is 5.31. The lowest BCUT2D eigenvalue weighted by atomic mass is 10.1. The summed E-state index contributed by atoms with van der Waals surface area (Å²) in [5.74, 6) is 0. The Kier molecular flexibility index (Phi) is 2.78. The number of nitrogens with zero attached hydrogens (tertiary/aromatic N) is 2. The molecule has 86 valence electrons. The van der Waals surface area contributed by atoms with Crippen molar-refractivity contribution >= 4 is 11.4 Å². The molecule has 1 aliphatic rings. The summed E-state index contributed by atoms with van der Waals surface area (Å²) >= 11 is 0. The minimum atomic E-state index is -0.455. The van der Waals surface area contributed by atoms with Gasteiger partial charge in [0, 0.05) is 18.7 Å². The Morgan fingerprint density at radius 2 is 2.25 bits per heavy atom. The molecular weight excluding hydrogens is 206 g/mol. The van der Waals surface area contributed by atoms with Gasteiger partial charge in [-0.1, -0.05) is 6.07 Å². The molecule has 0 amide bonds. The standard InChI is InChI=1S/C11H15N3O2/c1-13(9-3-4-9)7-8-2-5-11(14(15)16)10(12)6-8/h2,5-6,9H,3-4,7,12H2,1H3. The lowest BCUT2D eigenvalue weighted by molar-refractivity contribution is -0.383. The van der Waals surface area contributed by atoms with E-state index in [4.69, 9.17) is 5.73 Å². The van der Waals surface area contributed by atoms with Gasteiger partial charge < -0.3 is 5.73 Å².